The van der Waals surface area contributed by atoms with Crippen molar-refractivity contribution in [1.29, 1.82) is 0 Å². The van der Waals surface area contributed by atoms with Gasteiger partial charge in [-0.25, -0.2) is 0 Å². The molecular weight excluding hydrogens is 899 g/mol. The third-order valence-electron chi connectivity index (χ3n) is 16.2. The van der Waals surface area contributed by atoms with Gasteiger partial charge in [-0.1, -0.05) is 211 Å². The van der Waals surface area contributed by atoms with Crippen LogP contribution in [0.25, 0.3) is 86.2 Å². The number of hydrogen-bond acceptors (Lipinski definition) is 2. The Morgan fingerprint density at radius 2 is 0.822 bits per heavy atom. The van der Waals surface area contributed by atoms with Gasteiger partial charge in [0.15, 0.2) is 0 Å². The maximum Gasteiger partial charge on any atom is 0.0726 e. The number of nitrogens with zero attached hydrogens (tertiary/aromatic N) is 1. The molecule has 350 valence electrons. The summed E-state index contributed by atoms with van der Waals surface area (Å²) in [7, 11) is 0. The van der Waals surface area contributed by atoms with E-state index >= 15 is 0 Å². The zero-order valence-electron chi connectivity index (χ0n) is 42.2. The van der Waals surface area contributed by atoms with E-state index in [0.717, 1.165) is 11.4 Å². The van der Waals surface area contributed by atoms with Crippen LogP contribution in [0.15, 0.2) is 224 Å². The first-order valence-corrected chi connectivity index (χ1v) is 26.6. The highest BCUT2D eigenvalue weighted by molar-refractivity contribution is 7.26. The van der Waals surface area contributed by atoms with Crippen molar-refractivity contribution in [2.24, 2.45) is 0 Å². The van der Waals surface area contributed by atoms with Crippen molar-refractivity contribution >= 4 is 70.1 Å². The second kappa shape index (κ2) is 16.0. The Morgan fingerprint density at radius 3 is 1.48 bits per heavy atom. The number of hydrogen-bond donors (Lipinski definition) is 0. The Bertz CT molecular complexity index is 4170. The summed E-state index contributed by atoms with van der Waals surface area (Å²) < 4.78 is 2.58. The van der Waals surface area contributed by atoms with Gasteiger partial charge in [0.1, 0.15) is 0 Å². The van der Waals surface area contributed by atoms with Crippen molar-refractivity contribution < 1.29 is 0 Å². The lowest BCUT2D eigenvalue weighted by Gasteiger charge is -2.34. The first kappa shape index (κ1) is 43.7. The van der Waals surface area contributed by atoms with Crippen LogP contribution in [0.5, 0.6) is 0 Å². The van der Waals surface area contributed by atoms with E-state index in [1.807, 2.05) is 11.3 Å². The normalized spacial score (nSPS) is 13.5. The predicted molar refractivity (Wildman–Crippen MR) is 314 cm³/mol. The molecule has 0 bridgehead atoms. The molecule has 0 N–H and O–H groups in total. The summed E-state index contributed by atoms with van der Waals surface area (Å²) in [6.45, 7) is 14.1. The van der Waals surface area contributed by atoms with Crippen molar-refractivity contribution in [2.75, 3.05) is 4.90 Å². The number of rotatable bonds is 5. The average Bonchev–Trinajstić information content (AvgIpc) is 4.06. The molecule has 0 saturated carbocycles. The van der Waals surface area contributed by atoms with Crippen LogP contribution in [0.1, 0.15) is 74.9 Å². The van der Waals surface area contributed by atoms with Crippen molar-refractivity contribution in [3.63, 3.8) is 0 Å². The molecule has 0 amide bonds. The van der Waals surface area contributed by atoms with Gasteiger partial charge in [0, 0.05) is 26.8 Å². The molecular formula is C71H55NS. The highest BCUT2D eigenvalue weighted by Gasteiger charge is 2.52. The molecule has 2 aliphatic carbocycles. The van der Waals surface area contributed by atoms with Gasteiger partial charge in [0.2, 0.25) is 0 Å². The Morgan fingerprint density at radius 1 is 0.342 bits per heavy atom. The van der Waals surface area contributed by atoms with Gasteiger partial charge < -0.3 is 4.90 Å². The molecule has 1 spiro atoms. The lowest BCUT2D eigenvalue weighted by Crippen LogP contribution is -2.27. The highest BCUT2D eigenvalue weighted by Crippen LogP contribution is 2.64. The molecule has 0 saturated heterocycles. The molecule has 0 unspecified atom stereocenters. The summed E-state index contributed by atoms with van der Waals surface area (Å²) in [6, 6.07) is 85.4. The van der Waals surface area contributed by atoms with Crippen LogP contribution in [-0.2, 0) is 16.2 Å². The van der Waals surface area contributed by atoms with Crippen LogP contribution in [-0.4, -0.2) is 0 Å². The molecule has 0 fully saturated rings. The fourth-order valence-electron chi connectivity index (χ4n) is 12.4. The first-order valence-electron chi connectivity index (χ1n) is 25.8. The van der Waals surface area contributed by atoms with Gasteiger partial charge >= 0.3 is 0 Å². The van der Waals surface area contributed by atoms with Gasteiger partial charge in [0.25, 0.3) is 0 Å². The maximum atomic E-state index is 2.55. The minimum absolute atomic E-state index is 0.0227. The molecule has 14 rings (SSSR count). The largest absolute Gasteiger partial charge is 0.309 e. The molecule has 0 atom stereocenters. The summed E-state index contributed by atoms with van der Waals surface area (Å²) in [4.78, 5) is 2.53. The average molecular weight is 954 g/mol. The van der Waals surface area contributed by atoms with E-state index in [4.69, 9.17) is 0 Å². The first-order chi connectivity index (χ1) is 35.4. The maximum absolute atomic E-state index is 2.55. The van der Waals surface area contributed by atoms with Crippen molar-refractivity contribution in [2.45, 2.75) is 57.8 Å². The molecule has 1 nitrogen and oxygen atoms in total. The number of anilines is 3. The molecule has 1 heterocycles. The predicted octanol–water partition coefficient (Wildman–Crippen LogP) is 20.1. The Balaban J connectivity index is 0.943. The minimum Gasteiger partial charge on any atom is -0.309 e. The monoisotopic (exact) mass is 953 g/mol. The van der Waals surface area contributed by atoms with E-state index in [2.05, 4.69) is 271 Å². The standard InChI is InChI=1S/C71H55NS/c1-69(2,3)52-30-35-57-58-36-31-53(70(4,5)6)42-64(58)71(63(57)41-52)62-19-11-9-16-56(62)59-37-34-55(43-65(59)71)72(66-20-13-18-61-60-17-10-12-21-67(60)73-68(61)66)54-32-28-45(29-33-54)47-24-25-50-40-51(27-26-49(50)39-47)48-23-22-44-14-7-8-15-46(44)38-48/h7-43H,1-6H3. The number of benzene rings is 11. The zero-order chi connectivity index (χ0) is 49.4. The molecule has 2 heteroatoms. The van der Waals surface area contributed by atoms with Gasteiger partial charge in [-0.3, -0.25) is 0 Å². The Kier molecular flexibility index (Phi) is 9.57. The van der Waals surface area contributed by atoms with E-state index in [9.17, 15) is 0 Å². The van der Waals surface area contributed by atoms with Gasteiger partial charge in [-0.15, -0.1) is 11.3 Å². The second-order valence-electron chi connectivity index (χ2n) is 22.5. The summed E-state index contributed by atoms with van der Waals surface area (Å²) in [5, 5.41) is 7.58. The summed E-state index contributed by atoms with van der Waals surface area (Å²) in [6.07, 6.45) is 0. The molecule has 2 aliphatic rings. The second-order valence-corrected chi connectivity index (χ2v) is 23.6. The van der Waals surface area contributed by atoms with Crippen molar-refractivity contribution in [3.05, 3.63) is 258 Å². The van der Waals surface area contributed by atoms with Crippen LogP contribution in [0.4, 0.5) is 17.1 Å². The van der Waals surface area contributed by atoms with Crippen molar-refractivity contribution in [1.82, 2.24) is 0 Å². The third-order valence-corrected chi connectivity index (χ3v) is 17.4. The summed E-state index contributed by atoms with van der Waals surface area (Å²) in [5.41, 5.74) is 21.2. The molecule has 1 aromatic heterocycles. The third kappa shape index (κ3) is 6.73. The summed E-state index contributed by atoms with van der Waals surface area (Å²) >= 11 is 1.89. The van der Waals surface area contributed by atoms with E-state index in [1.54, 1.807) is 0 Å². The minimum atomic E-state index is -0.513. The fourth-order valence-corrected chi connectivity index (χ4v) is 13.6. The van der Waals surface area contributed by atoms with E-state index in [0.29, 0.717) is 0 Å². The molecule has 73 heavy (non-hydrogen) atoms. The lowest BCUT2D eigenvalue weighted by molar-refractivity contribution is 0.586. The van der Waals surface area contributed by atoms with Crippen LogP contribution in [0.2, 0.25) is 0 Å². The van der Waals surface area contributed by atoms with E-state index < -0.39 is 5.41 Å². The zero-order valence-corrected chi connectivity index (χ0v) is 43.0. The van der Waals surface area contributed by atoms with Crippen molar-refractivity contribution in [3.8, 4) is 44.5 Å². The van der Waals surface area contributed by atoms with E-state index in [1.165, 1.54) is 125 Å². The van der Waals surface area contributed by atoms with Crippen LogP contribution in [0.3, 0.4) is 0 Å². The smallest absolute Gasteiger partial charge is 0.0726 e. The fraction of sp³-hybridized carbons (Fsp3) is 0.127. The number of thiophene rings is 1. The number of fused-ring (bicyclic) bond motifs is 15. The summed E-state index contributed by atoms with van der Waals surface area (Å²) in [5.74, 6) is 0. The topological polar surface area (TPSA) is 3.24 Å². The SMILES string of the molecule is CC(C)(C)c1ccc2c(c1)C1(c3ccccc3-c3ccc(N(c4ccc(-c5ccc6cc(-c7ccc8ccccc8c7)ccc6c5)cc4)c4cccc5c4sc4ccccc45)cc31)c1cc(C(C)(C)C)ccc1-2. The molecule has 0 aliphatic heterocycles. The van der Waals surface area contributed by atoms with Gasteiger partial charge in [0.05, 0.1) is 15.8 Å². The Labute approximate surface area is 432 Å². The Hall–Kier alpha value is -8.04. The van der Waals surface area contributed by atoms with Gasteiger partial charge in [-0.05, 0) is 165 Å². The quantitative estimate of drug-likeness (QED) is 0.166. The van der Waals surface area contributed by atoms with Crippen LogP contribution in [0, 0.1) is 0 Å². The highest BCUT2D eigenvalue weighted by atomic mass is 32.1. The molecule has 11 aromatic carbocycles. The molecule has 12 aromatic rings. The van der Waals surface area contributed by atoms with Crippen LogP contribution >= 0.6 is 11.3 Å². The van der Waals surface area contributed by atoms with Crippen LogP contribution < -0.4 is 4.90 Å². The lowest BCUT2D eigenvalue weighted by atomic mass is 9.68. The molecule has 0 radical (unpaired) electrons. The van der Waals surface area contributed by atoms with E-state index in [-0.39, 0.29) is 10.8 Å². The van der Waals surface area contributed by atoms with Gasteiger partial charge in [-0.2, -0.15) is 0 Å².